The first kappa shape index (κ1) is 18.8. The molecular formula is C21H22N6O2. The molecule has 1 fully saturated rings. The van der Waals surface area contributed by atoms with Gasteiger partial charge < -0.3 is 9.80 Å². The molecule has 4 rings (SSSR count). The molecule has 1 aromatic carbocycles. The highest BCUT2D eigenvalue weighted by atomic mass is 16.2. The monoisotopic (exact) mass is 390 g/mol. The van der Waals surface area contributed by atoms with Gasteiger partial charge in [0.15, 0.2) is 17.4 Å². The third kappa shape index (κ3) is 4.48. The number of imidazole rings is 1. The van der Waals surface area contributed by atoms with Crippen molar-refractivity contribution in [2.45, 2.75) is 12.8 Å². The lowest BCUT2D eigenvalue weighted by Gasteiger charge is -2.35. The van der Waals surface area contributed by atoms with Crippen molar-refractivity contribution in [2.24, 2.45) is 0 Å². The van der Waals surface area contributed by atoms with Crippen LogP contribution in [0, 0.1) is 0 Å². The number of piperazine rings is 1. The number of amides is 1. The van der Waals surface area contributed by atoms with Crippen molar-refractivity contribution in [3.05, 3.63) is 66.7 Å². The molecule has 148 valence electrons. The average molecular weight is 390 g/mol. The Balaban J connectivity index is 1.26. The van der Waals surface area contributed by atoms with Gasteiger partial charge in [-0.15, -0.1) is 10.2 Å². The maximum Gasteiger partial charge on any atom is 0.223 e. The highest BCUT2D eigenvalue weighted by molar-refractivity contribution is 5.97. The van der Waals surface area contributed by atoms with Gasteiger partial charge in [0.25, 0.3) is 0 Å². The summed E-state index contributed by atoms with van der Waals surface area (Å²) in [7, 11) is 0. The average Bonchev–Trinajstić information content (AvgIpc) is 3.33. The second-order valence-electron chi connectivity index (χ2n) is 6.88. The molecule has 3 heterocycles. The Hall–Kier alpha value is -3.55. The minimum Gasteiger partial charge on any atom is -0.352 e. The van der Waals surface area contributed by atoms with Crippen LogP contribution in [0.5, 0.6) is 0 Å². The molecule has 1 aliphatic rings. The maximum absolute atomic E-state index is 12.5. The fraction of sp³-hybridized carbons (Fsp3) is 0.286. The van der Waals surface area contributed by atoms with Gasteiger partial charge in [0, 0.05) is 57.0 Å². The van der Waals surface area contributed by atoms with E-state index in [4.69, 9.17) is 0 Å². The molecule has 0 aliphatic carbocycles. The van der Waals surface area contributed by atoms with E-state index >= 15 is 0 Å². The number of nitrogens with zero attached hydrogens (tertiary/aromatic N) is 6. The predicted octanol–water partition coefficient (Wildman–Crippen LogP) is 1.97. The van der Waals surface area contributed by atoms with Crippen LogP contribution in [0.2, 0.25) is 0 Å². The summed E-state index contributed by atoms with van der Waals surface area (Å²) in [6.45, 7) is 2.61. The Morgan fingerprint density at radius 3 is 2.24 bits per heavy atom. The number of anilines is 1. The molecule has 1 aliphatic heterocycles. The van der Waals surface area contributed by atoms with E-state index in [2.05, 4.69) is 20.1 Å². The van der Waals surface area contributed by atoms with Crippen LogP contribution in [-0.2, 0) is 4.79 Å². The molecule has 0 bridgehead atoms. The van der Waals surface area contributed by atoms with Gasteiger partial charge in [-0.3, -0.25) is 14.2 Å². The molecule has 0 unspecified atom stereocenters. The molecule has 8 nitrogen and oxygen atoms in total. The zero-order chi connectivity index (χ0) is 20.1. The Kier molecular flexibility index (Phi) is 5.60. The SMILES string of the molecule is O=C(CCC(=O)N1CCN(c2ccc(-n3ccnc3)nn2)CC1)c1ccccc1. The lowest BCUT2D eigenvalue weighted by atomic mass is 10.1. The second kappa shape index (κ2) is 8.64. The summed E-state index contributed by atoms with van der Waals surface area (Å²) < 4.78 is 1.80. The van der Waals surface area contributed by atoms with Gasteiger partial charge in [-0.2, -0.15) is 0 Å². The van der Waals surface area contributed by atoms with E-state index in [1.807, 2.05) is 41.4 Å². The number of aromatic nitrogens is 4. The zero-order valence-electron chi connectivity index (χ0n) is 16.0. The molecule has 1 saturated heterocycles. The van der Waals surface area contributed by atoms with Gasteiger partial charge in [0.1, 0.15) is 6.33 Å². The summed E-state index contributed by atoms with van der Waals surface area (Å²) in [6.07, 6.45) is 5.67. The van der Waals surface area contributed by atoms with Crippen LogP contribution in [0.4, 0.5) is 5.82 Å². The molecule has 0 spiro atoms. The number of hydrogen-bond acceptors (Lipinski definition) is 6. The molecule has 0 atom stereocenters. The summed E-state index contributed by atoms with van der Waals surface area (Å²) >= 11 is 0. The van der Waals surface area contributed by atoms with Gasteiger partial charge in [0.05, 0.1) is 0 Å². The molecule has 8 heteroatoms. The third-order valence-electron chi connectivity index (χ3n) is 5.02. The Labute approximate surface area is 168 Å². The van der Waals surface area contributed by atoms with Crippen LogP contribution in [0.3, 0.4) is 0 Å². The third-order valence-corrected chi connectivity index (χ3v) is 5.02. The van der Waals surface area contributed by atoms with E-state index in [9.17, 15) is 9.59 Å². The minimum absolute atomic E-state index is 0.00541. The first-order valence-electron chi connectivity index (χ1n) is 9.64. The Morgan fingerprint density at radius 1 is 0.862 bits per heavy atom. The number of ketones is 1. The topological polar surface area (TPSA) is 84.2 Å². The van der Waals surface area contributed by atoms with Gasteiger partial charge in [-0.05, 0) is 12.1 Å². The van der Waals surface area contributed by atoms with Gasteiger partial charge in [0.2, 0.25) is 5.91 Å². The van der Waals surface area contributed by atoms with Gasteiger partial charge >= 0.3 is 0 Å². The molecular weight excluding hydrogens is 368 g/mol. The summed E-state index contributed by atoms with van der Waals surface area (Å²) in [5, 5.41) is 8.54. The molecule has 2 aromatic heterocycles. The van der Waals surface area contributed by atoms with Gasteiger partial charge in [-0.1, -0.05) is 30.3 Å². The van der Waals surface area contributed by atoms with E-state index in [1.54, 1.807) is 29.2 Å². The maximum atomic E-state index is 12.5. The van der Waals surface area contributed by atoms with E-state index in [0.29, 0.717) is 37.6 Å². The van der Waals surface area contributed by atoms with Crippen LogP contribution in [0.1, 0.15) is 23.2 Å². The Bertz CT molecular complexity index is 949. The van der Waals surface area contributed by atoms with Crippen LogP contribution in [0.25, 0.3) is 5.82 Å². The van der Waals surface area contributed by atoms with Crippen LogP contribution in [0.15, 0.2) is 61.2 Å². The summed E-state index contributed by atoms with van der Waals surface area (Å²) in [4.78, 5) is 32.6. The normalized spacial score (nSPS) is 14.1. The highest BCUT2D eigenvalue weighted by Crippen LogP contribution is 2.15. The molecule has 0 radical (unpaired) electrons. The molecule has 0 saturated carbocycles. The predicted molar refractivity (Wildman–Crippen MR) is 108 cm³/mol. The first-order chi connectivity index (χ1) is 14.2. The zero-order valence-corrected chi connectivity index (χ0v) is 16.0. The largest absolute Gasteiger partial charge is 0.352 e. The standard InChI is InChI=1S/C21H22N6O2/c28-18(17-4-2-1-3-5-17)6-9-21(29)26-14-12-25(13-15-26)19-7-8-20(24-23-19)27-11-10-22-16-27/h1-5,7-8,10-11,16H,6,9,12-15H2. The molecule has 29 heavy (non-hydrogen) atoms. The van der Waals surface area contributed by atoms with Crippen LogP contribution >= 0.6 is 0 Å². The lowest BCUT2D eigenvalue weighted by Crippen LogP contribution is -2.49. The summed E-state index contributed by atoms with van der Waals surface area (Å²) in [6, 6.07) is 12.9. The second-order valence-corrected chi connectivity index (χ2v) is 6.88. The fourth-order valence-corrected chi connectivity index (χ4v) is 3.35. The quantitative estimate of drug-likeness (QED) is 0.599. The first-order valence-corrected chi connectivity index (χ1v) is 9.64. The molecule has 0 N–H and O–H groups in total. The number of Topliss-reactive ketones (excluding diaryl/α,β-unsaturated/α-hetero) is 1. The van der Waals surface area contributed by atoms with E-state index in [-0.39, 0.29) is 24.5 Å². The summed E-state index contributed by atoms with van der Waals surface area (Å²) in [5.41, 5.74) is 0.655. The van der Waals surface area contributed by atoms with Gasteiger partial charge in [-0.25, -0.2) is 4.98 Å². The number of benzene rings is 1. The van der Waals surface area contributed by atoms with Crippen molar-refractivity contribution < 1.29 is 9.59 Å². The fourth-order valence-electron chi connectivity index (χ4n) is 3.35. The van der Waals surface area contributed by atoms with E-state index in [0.717, 1.165) is 5.82 Å². The molecule has 3 aromatic rings. The van der Waals surface area contributed by atoms with Crippen molar-refractivity contribution >= 4 is 17.5 Å². The lowest BCUT2D eigenvalue weighted by molar-refractivity contribution is -0.131. The van der Waals surface area contributed by atoms with Crippen molar-refractivity contribution in [3.8, 4) is 5.82 Å². The summed E-state index contributed by atoms with van der Waals surface area (Å²) in [5.74, 6) is 1.53. The minimum atomic E-state index is 0.00541. The number of hydrogen-bond donors (Lipinski definition) is 0. The Morgan fingerprint density at radius 2 is 1.59 bits per heavy atom. The number of carbonyl (C=O) groups is 2. The smallest absolute Gasteiger partial charge is 0.223 e. The highest BCUT2D eigenvalue weighted by Gasteiger charge is 2.22. The van der Waals surface area contributed by atoms with E-state index in [1.165, 1.54) is 0 Å². The number of rotatable bonds is 6. The number of carbonyl (C=O) groups excluding carboxylic acids is 2. The van der Waals surface area contributed by atoms with Crippen molar-refractivity contribution in [1.29, 1.82) is 0 Å². The van der Waals surface area contributed by atoms with Crippen molar-refractivity contribution in [2.75, 3.05) is 31.1 Å². The van der Waals surface area contributed by atoms with Crippen molar-refractivity contribution in [1.82, 2.24) is 24.6 Å². The van der Waals surface area contributed by atoms with Crippen molar-refractivity contribution in [3.63, 3.8) is 0 Å². The van der Waals surface area contributed by atoms with E-state index < -0.39 is 0 Å². The molecule has 1 amide bonds. The van der Waals surface area contributed by atoms with Crippen LogP contribution < -0.4 is 4.90 Å². The van der Waals surface area contributed by atoms with Crippen LogP contribution in [-0.4, -0.2) is 62.5 Å².